The van der Waals surface area contributed by atoms with Gasteiger partial charge in [-0.05, 0) is 23.8 Å². The van der Waals surface area contributed by atoms with E-state index in [1.54, 1.807) is 0 Å². The number of hydrogen-bond donors (Lipinski definition) is 1. The summed E-state index contributed by atoms with van der Waals surface area (Å²) in [7, 11) is 0. The highest BCUT2D eigenvalue weighted by Gasteiger charge is 2.31. The van der Waals surface area contributed by atoms with Crippen molar-refractivity contribution in [3.63, 3.8) is 0 Å². The number of aromatic nitrogens is 1. The lowest BCUT2D eigenvalue weighted by Gasteiger charge is -2.10. The van der Waals surface area contributed by atoms with Crippen molar-refractivity contribution in [1.82, 2.24) is 4.98 Å². The summed E-state index contributed by atoms with van der Waals surface area (Å²) in [5.74, 6) is -1.85. The van der Waals surface area contributed by atoms with E-state index in [1.807, 2.05) is 0 Å². The fourth-order valence-corrected chi connectivity index (χ4v) is 1.72. The van der Waals surface area contributed by atoms with Crippen molar-refractivity contribution in [3.05, 3.63) is 58.4 Å². The lowest BCUT2D eigenvalue weighted by molar-refractivity contribution is -0.141. The van der Waals surface area contributed by atoms with Crippen LogP contribution in [0.3, 0.4) is 0 Å². The molecule has 2 nitrogen and oxygen atoms in total. The van der Waals surface area contributed by atoms with Crippen LogP contribution in [0.4, 0.5) is 27.6 Å². The molecular formula is C13H9Cl2F5N2. The summed E-state index contributed by atoms with van der Waals surface area (Å²) in [5.41, 5.74) is -0.661. The van der Waals surface area contributed by atoms with Crippen molar-refractivity contribution >= 4 is 29.7 Å². The van der Waals surface area contributed by atoms with Crippen molar-refractivity contribution in [2.75, 3.05) is 5.32 Å². The van der Waals surface area contributed by atoms with Gasteiger partial charge in [-0.25, -0.2) is 8.78 Å². The van der Waals surface area contributed by atoms with Crippen LogP contribution in [-0.2, 0) is 12.7 Å². The van der Waals surface area contributed by atoms with Crippen molar-refractivity contribution in [3.8, 4) is 0 Å². The second kappa shape index (κ2) is 7.11. The molecule has 22 heavy (non-hydrogen) atoms. The molecule has 1 N–H and O–H groups in total. The fourth-order valence-electron chi connectivity index (χ4n) is 1.56. The van der Waals surface area contributed by atoms with Gasteiger partial charge in [-0.2, -0.15) is 13.2 Å². The van der Waals surface area contributed by atoms with Crippen molar-refractivity contribution in [2.45, 2.75) is 12.7 Å². The van der Waals surface area contributed by atoms with Gasteiger partial charge in [0.2, 0.25) is 0 Å². The molecule has 0 bridgehead atoms. The number of rotatable bonds is 3. The Morgan fingerprint density at radius 2 is 1.77 bits per heavy atom. The first kappa shape index (κ1) is 18.4. The highest BCUT2D eigenvalue weighted by Crippen LogP contribution is 2.28. The number of nitrogens with zero attached hydrogens (tertiary/aromatic N) is 1. The molecule has 0 aliphatic heterocycles. The maximum Gasteiger partial charge on any atom is 0.433 e. The molecule has 0 saturated carbocycles. The van der Waals surface area contributed by atoms with Gasteiger partial charge in [0.15, 0.2) is 5.82 Å². The zero-order valence-corrected chi connectivity index (χ0v) is 12.3. The third-order valence-corrected chi connectivity index (χ3v) is 2.98. The molecular weight excluding hydrogens is 350 g/mol. The molecule has 0 aliphatic carbocycles. The Kier molecular flexibility index (Phi) is 5.96. The van der Waals surface area contributed by atoms with Gasteiger partial charge in [-0.3, -0.25) is 4.98 Å². The summed E-state index contributed by atoms with van der Waals surface area (Å²) in [6, 6.07) is 4.17. The van der Waals surface area contributed by atoms with Crippen LogP contribution < -0.4 is 5.32 Å². The number of benzene rings is 1. The predicted octanol–water partition coefficient (Wildman–Crippen LogP) is 5.07. The van der Waals surface area contributed by atoms with Crippen LogP contribution in [0.15, 0.2) is 30.5 Å². The van der Waals surface area contributed by atoms with Crippen LogP contribution in [0, 0.1) is 11.6 Å². The summed E-state index contributed by atoms with van der Waals surface area (Å²) in [5, 5.41) is 1.96. The number of anilines is 1. The van der Waals surface area contributed by atoms with E-state index in [-0.39, 0.29) is 24.6 Å². The third-order valence-electron chi connectivity index (χ3n) is 2.63. The molecule has 0 amide bonds. The van der Waals surface area contributed by atoms with E-state index in [2.05, 4.69) is 10.3 Å². The highest BCUT2D eigenvalue weighted by molar-refractivity contribution is 6.31. The first-order valence-corrected chi connectivity index (χ1v) is 6.06. The van der Waals surface area contributed by atoms with Gasteiger partial charge >= 0.3 is 6.18 Å². The first-order valence-electron chi connectivity index (χ1n) is 5.68. The molecule has 1 aromatic carbocycles. The number of pyridine rings is 1. The summed E-state index contributed by atoms with van der Waals surface area (Å²) in [4.78, 5) is 3.27. The van der Waals surface area contributed by atoms with Gasteiger partial charge in [-0.1, -0.05) is 17.7 Å². The van der Waals surface area contributed by atoms with E-state index in [0.29, 0.717) is 5.56 Å². The van der Waals surface area contributed by atoms with Crippen molar-refractivity contribution < 1.29 is 22.0 Å². The molecule has 120 valence electrons. The fraction of sp³-hybridized carbons (Fsp3) is 0.154. The van der Waals surface area contributed by atoms with Crippen LogP contribution in [0.1, 0.15) is 11.3 Å². The molecule has 0 aliphatic rings. The Morgan fingerprint density at radius 3 is 2.32 bits per heavy atom. The van der Waals surface area contributed by atoms with Gasteiger partial charge in [0, 0.05) is 12.7 Å². The minimum Gasteiger partial charge on any atom is -0.378 e. The highest BCUT2D eigenvalue weighted by atomic mass is 35.5. The minimum atomic E-state index is -4.51. The van der Waals surface area contributed by atoms with E-state index in [1.165, 1.54) is 6.07 Å². The average molecular weight is 359 g/mol. The second-order valence-corrected chi connectivity index (χ2v) is 4.50. The molecule has 2 rings (SSSR count). The Balaban J connectivity index is 0.00000242. The minimum absolute atomic E-state index is 0. The standard InChI is InChI=1S/C13H8ClF5N2.ClH/c14-11-8(15)2-3-9(12(11)16)20-5-7-1-4-10(21-6-7)13(17,18)19;/h1-4,6,20H,5H2;1H. The Labute approximate surface area is 133 Å². The Bertz CT molecular complexity index is 644. The number of alkyl halides is 3. The zero-order chi connectivity index (χ0) is 15.6. The van der Waals surface area contributed by atoms with Crippen LogP contribution in [-0.4, -0.2) is 4.98 Å². The van der Waals surface area contributed by atoms with Crippen LogP contribution >= 0.6 is 24.0 Å². The molecule has 9 heteroatoms. The van der Waals surface area contributed by atoms with E-state index in [9.17, 15) is 22.0 Å². The molecule has 0 spiro atoms. The molecule has 0 saturated heterocycles. The van der Waals surface area contributed by atoms with Crippen molar-refractivity contribution in [1.29, 1.82) is 0 Å². The summed E-state index contributed by atoms with van der Waals surface area (Å²) in [6.45, 7) is 0.0179. The molecule has 1 heterocycles. The van der Waals surface area contributed by atoms with Crippen molar-refractivity contribution in [2.24, 2.45) is 0 Å². The van der Waals surface area contributed by atoms with Gasteiger partial charge in [-0.15, -0.1) is 12.4 Å². The monoisotopic (exact) mass is 358 g/mol. The molecule has 1 aromatic heterocycles. The molecule has 2 aromatic rings. The quantitative estimate of drug-likeness (QED) is 0.612. The number of halogens is 7. The molecule has 0 fully saturated rings. The van der Waals surface area contributed by atoms with Gasteiger partial charge in [0.1, 0.15) is 16.5 Å². The zero-order valence-electron chi connectivity index (χ0n) is 10.7. The average Bonchev–Trinajstić information content (AvgIpc) is 2.43. The van der Waals surface area contributed by atoms with Gasteiger partial charge in [0.25, 0.3) is 0 Å². The summed E-state index contributed by atoms with van der Waals surface area (Å²) in [6.07, 6.45) is -3.48. The topological polar surface area (TPSA) is 24.9 Å². The third kappa shape index (κ3) is 4.20. The van der Waals surface area contributed by atoms with Gasteiger partial charge in [0.05, 0.1) is 5.69 Å². The SMILES string of the molecule is Cl.Fc1ccc(NCc2ccc(C(F)(F)F)nc2)c(F)c1Cl. The Hall–Kier alpha value is -1.60. The first-order chi connectivity index (χ1) is 9.79. The number of nitrogens with one attached hydrogen (secondary N) is 1. The van der Waals surface area contributed by atoms with E-state index in [0.717, 1.165) is 24.4 Å². The number of hydrogen-bond acceptors (Lipinski definition) is 2. The lowest BCUT2D eigenvalue weighted by Crippen LogP contribution is -2.09. The second-order valence-electron chi connectivity index (χ2n) is 4.13. The largest absolute Gasteiger partial charge is 0.433 e. The maximum atomic E-state index is 13.6. The van der Waals surface area contributed by atoms with Crippen LogP contribution in [0.5, 0.6) is 0 Å². The van der Waals surface area contributed by atoms with Crippen LogP contribution in [0.2, 0.25) is 5.02 Å². The Morgan fingerprint density at radius 1 is 1.09 bits per heavy atom. The predicted molar refractivity (Wildman–Crippen MR) is 75.2 cm³/mol. The van der Waals surface area contributed by atoms with E-state index in [4.69, 9.17) is 11.6 Å². The molecule has 0 atom stereocenters. The maximum absolute atomic E-state index is 13.6. The molecule has 0 unspecified atom stereocenters. The van der Waals surface area contributed by atoms with E-state index < -0.39 is 28.5 Å². The van der Waals surface area contributed by atoms with Crippen LogP contribution in [0.25, 0.3) is 0 Å². The smallest absolute Gasteiger partial charge is 0.378 e. The summed E-state index contributed by atoms with van der Waals surface area (Å²) >= 11 is 5.41. The molecule has 0 radical (unpaired) electrons. The summed E-state index contributed by atoms with van der Waals surface area (Å²) < 4.78 is 63.5. The van der Waals surface area contributed by atoms with E-state index >= 15 is 0 Å². The normalized spacial score (nSPS) is 11.0. The van der Waals surface area contributed by atoms with Gasteiger partial charge < -0.3 is 5.32 Å². The lowest BCUT2D eigenvalue weighted by atomic mass is 10.2.